The normalized spacial score (nSPS) is 21.4. The highest BCUT2D eigenvalue weighted by atomic mass is 32.2. The molecular formula is C23H32N2O6S. The largest absolute Gasteiger partial charge is 0.491 e. The minimum atomic E-state index is -3.51. The van der Waals surface area contributed by atoms with E-state index in [1.165, 1.54) is 0 Å². The molecule has 8 nitrogen and oxygen atoms in total. The molecule has 32 heavy (non-hydrogen) atoms. The van der Waals surface area contributed by atoms with Crippen LogP contribution in [0.2, 0.25) is 0 Å². The third-order valence-electron chi connectivity index (χ3n) is 5.18. The van der Waals surface area contributed by atoms with Crippen molar-refractivity contribution in [3.63, 3.8) is 0 Å². The number of aliphatic hydroxyl groups excluding tert-OH is 1. The average Bonchev–Trinajstić information content (AvgIpc) is 3.14. The second-order valence-electron chi connectivity index (χ2n) is 7.89. The van der Waals surface area contributed by atoms with Crippen LogP contribution in [0.15, 0.2) is 59.8 Å². The molecule has 0 heterocycles. The highest BCUT2D eigenvalue weighted by molar-refractivity contribution is 7.89. The quantitative estimate of drug-likeness (QED) is 0.189. The number of unbranched alkanes of at least 4 members (excludes halogenated alkanes) is 1. The Morgan fingerprint density at radius 1 is 1.31 bits per heavy atom. The van der Waals surface area contributed by atoms with Gasteiger partial charge in [-0.3, -0.25) is 9.52 Å². The molecule has 0 aromatic heterocycles. The predicted octanol–water partition coefficient (Wildman–Crippen LogP) is 3.03. The van der Waals surface area contributed by atoms with Gasteiger partial charge in [-0.25, -0.2) is 8.42 Å². The SMILES string of the molecule is CS(=O)(=O)NC(=O)CCC/C=C\C[C@H]1CC/C(=N/O)[C@@H]1/C=C/C(O)COc1ccccc1. The summed E-state index contributed by atoms with van der Waals surface area (Å²) in [5.41, 5.74) is 0.702. The first-order chi connectivity index (χ1) is 15.3. The minimum Gasteiger partial charge on any atom is -0.491 e. The van der Waals surface area contributed by atoms with Crippen molar-refractivity contribution in [1.29, 1.82) is 0 Å². The molecule has 1 unspecified atom stereocenters. The fourth-order valence-corrected chi connectivity index (χ4v) is 4.15. The van der Waals surface area contributed by atoms with Gasteiger partial charge in [0.25, 0.3) is 0 Å². The number of oxime groups is 1. The Labute approximate surface area is 189 Å². The van der Waals surface area contributed by atoms with E-state index in [1.807, 2.05) is 53.3 Å². The van der Waals surface area contributed by atoms with Crippen molar-refractivity contribution in [2.75, 3.05) is 12.9 Å². The highest BCUT2D eigenvalue weighted by Crippen LogP contribution is 2.33. The lowest BCUT2D eigenvalue weighted by Gasteiger charge is -2.15. The number of nitrogens with zero attached hydrogens (tertiary/aromatic N) is 1. The van der Waals surface area contributed by atoms with Crippen LogP contribution < -0.4 is 9.46 Å². The molecular weight excluding hydrogens is 432 g/mol. The third-order valence-corrected chi connectivity index (χ3v) is 5.77. The van der Waals surface area contributed by atoms with Crippen LogP contribution in [0.25, 0.3) is 0 Å². The van der Waals surface area contributed by atoms with Crippen LogP contribution in [0.1, 0.15) is 38.5 Å². The molecule has 2 rings (SSSR count). The molecule has 0 spiro atoms. The van der Waals surface area contributed by atoms with Gasteiger partial charge in [-0.2, -0.15) is 0 Å². The summed E-state index contributed by atoms with van der Waals surface area (Å²) in [7, 11) is -3.51. The Kier molecular flexibility index (Phi) is 10.4. The lowest BCUT2D eigenvalue weighted by molar-refractivity contribution is -0.119. The summed E-state index contributed by atoms with van der Waals surface area (Å²) in [6, 6.07) is 9.27. The number of allylic oxidation sites excluding steroid dienone is 3. The maximum absolute atomic E-state index is 11.5. The van der Waals surface area contributed by atoms with Crippen molar-refractivity contribution in [3.8, 4) is 5.75 Å². The van der Waals surface area contributed by atoms with Gasteiger partial charge in [-0.05, 0) is 50.2 Å². The van der Waals surface area contributed by atoms with Gasteiger partial charge in [0, 0.05) is 12.3 Å². The van der Waals surface area contributed by atoms with Crippen LogP contribution >= 0.6 is 0 Å². The molecule has 1 fully saturated rings. The molecule has 0 aliphatic heterocycles. The molecule has 3 N–H and O–H groups in total. The Balaban J connectivity index is 1.77. The summed E-state index contributed by atoms with van der Waals surface area (Å²) in [6.45, 7) is 0.135. The number of hydrogen-bond acceptors (Lipinski definition) is 7. The van der Waals surface area contributed by atoms with E-state index in [0.717, 1.165) is 19.1 Å². The third kappa shape index (κ3) is 9.65. The second-order valence-corrected chi connectivity index (χ2v) is 9.64. The van der Waals surface area contributed by atoms with Gasteiger partial charge in [0.2, 0.25) is 15.9 Å². The first kappa shape index (κ1) is 25.6. The van der Waals surface area contributed by atoms with E-state index in [0.29, 0.717) is 30.7 Å². The fraction of sp³-hybridized carbons (Fsp3) is 0.478. The van der Waals surface area contributed by atoms with Crippen LogP contribution in [0, 0.1) is 11.8 Å². The lowest BCUT2D eigenvalue weighted by Crippen LogP contribution is -2.28. The predicted molar refractivity (Wildman–Crippen MR) is 123 cm³/mol. The molecule has 1 aromatic rings. The van der Waals surface area contributed by atoms with Crippen molar-refractivity contribution < 1.29 is 28.3 Å². The standard InChI is InChI=1S/C23H32N2O6S/c1-32(29,30)25-23(27)12-8-3-2-5-9-18-13-16-22(24-28)21(18)15-14-19(26)17-31-20-10-6-4-7-11-20/h2,4-7,10-11,14-15,18-19,21,26,28H,3,8-9,12-13,16-17H2,1H3,(H,25,27)/b5-2-,15-14+,24-22-/t18-,19?,21+/m0/s1. The van der Waals surface area contributed by atoms with Gasteiger partial charge in [-0.15, -0.1) is 0 Å². The molecule has 1 aliphatic carbocycles. The summed E-state index contributed by atoms with van der Waals surface area (Å²) < 4.78 is 29.5. The van der Waals surface area contributed by atoms with E-state index in [1.54, 1.807) is 6.08 Å². The maximum atomic E-state index is 11.5. The zero-order valence-corrected chi connectivity index (χ0v) is 19.1. The van der Waals surface area contributed by atoms with Crippen molar-refractivity contribution in [1.82, 2.24) is 4.72 Å². The van der Waals surface area contributed by atoms with Crippen LogP contribution in [0.3, 0.4) is 0 Å². The van der Waals surface area contributed by atoms with Crippen LogP contribution in [-0.4, -0.2) is 49.3 Å². The Morgan fingerprint density at radius 3 is 2.75 bits per heavy atom. The summed E-state index contributed by atoms with van der Waals surface area (Å²) in [6.07, 6.45) is 11.5. The molecule has 0 radical (unpaired) electrons. The molecule has 1 aliphatic rings. The van der Waals surface area contributed by atoms with Crippen LogP contribution in [0.4, 0.5) is 0 Å². The van der Waals surface area contributed by atoms with Gasteiger partial charge < -0.3 is 15.1 Å². The Morgan fingerprint density at radius 2 is 2.06 bits per heavy atom. The number of carbonyl (C=O) groups is 1. The maximum Gasteiger partial charge on any atom is 0.233 e. The van der Waals surface area contributed by atoms with E-state index in [9.17, 15) is 23.5 Å². The van der Waals surface area contributed by atoms with E-state index >= 15 is 0 Å². The van der Waals surface area contributed by atoms with Crippen molar-refractivity contribution in [2.45, 2.75) is 44.6 Å². The van der Waals surface area contributed by atoms with Gasteiger partial charge in [0.1, 0.15) is 18.5 Å². The van der Waals surface area contributed by atoms with Gasteiger partial charge in [0.15, 0.2) is 0 Å². The van der Waals surface area contributed by atoms with Crippen molar-refractivity contribution in [3.05, 3.63) is 54.6 Å². The summed E-state index contributed by atoms with van der Waals surface area (Å²) in [5.74, 6) is 0.386. The summed E-state index contributed by atoms with van der Waals surface area (Å²) in [5, 5.41) is 23.0. The van der Waals surface area contributed by atoms with Gasteiger partial charge in [-0.1, -0.05) is 47.7 Å². The molecule has 1 amide bonds. The smallest absolute Gasteiger partial charge is 0.233 e. The van der Waals surface area contributed by atoms with E-state index < -0.39 is 22.0 Å². The number of nitrogens with one attached hydrogen (secondary N) is 1. The summed E-state index contributed by atoms with van der Waals surface area (Å²) >= 11 is 0. The molecule has 3 atom stereocenters. The Hall–Kier alpha value is -2.65. The zero-order chi connectivity index (χ0) is 23.4. The topological polar surface area (TPSA) is 125 Å². The second kappa shape index (κ2) is 13.0. The number of para-hydroxylation sites is 1. The van der Waals surface area contributed by atoms with Gasteiger partial charge in [0.05, 0.1) is 12.0 Å². The van der Waals surface area contributed by atoms with E-state index in [4.69, 9.17) is 4.74 Å². The number of ether oxygens (including phenoxy) is 1. The number of benzene rings is 1. The van der Waals surface area contributed by atoms with E-state index in [-0.39, 0.29) is 24.9 Å². The molecule has 1 aromatic carbocycles. The molecule has 9 heteroatoms. The number of sulfonamides is 1. The molecule has 0 saturated heterocycles. The molecule has 176 valence electrons. The van der Waals surface area contributed by atoms with Crippen molar-refractivity contribution >= 4 is 21.6 Å². The number of hydrogen-bond donors (Lipinski definition) is 3. The number of carbonyl (C=O) groups excluding carboxylic acids is 1. The molecule has 0 bridgehead atoms. The number of amides is 1. The van der Waals surface area contributed by atoms with Crippen molar-refractivity contribution in [2.24, 2.45) is 17.0 Å². The highest BCUT2D eigenvalue weighted by Gasteiger charge is 2.30. The van der Waals surface area contributed by atoms with Gasteiger partial charge >= 0.3 is 0 Å². The van der Waals surface area contributed by atoms with Crippen LogP contribution in [-0.2, 0) is 14.8 Å². The first-order valence-corrected chi connectivity index (χ1v) is 12.6. The monoisotopic (exact) mass is 464 g/mol. The lowest BCUT2D eigenvalue weighted by atomic mass is 9.91. The zero-order valence-electron chi connectivity index (χ0n) is 18.3. The number of aliphatic hydroxyl groups is 1. The minimum absolute atomic E-state index is 0.0587. The van der Waals surface area contributed by atoms with Crippen LogP contribution in [0.5, 0.6) is 5.75 Å². The average molecular weight is 465 g/mol. The Bertz CT molecular complexity index is 912. The molecule has 1 saturated carbocycles. The number of rotatable bonds is 12. The van der Waals surface area contributed by atoms with E-state index in [2.05, 4.69) is 5.16 Å². The summed E-state index contributed by atoms with van der Waals surface area (Å²) in [4.78, 5) is 11.5. The first-order valence-electron chi connectivity index (χ1n) is 10.7. The fourth-order valence-electron chi connectivity index (χ4n) is 3.63.